The minimum Gasteiger partial charge on any atom is -0.457 e. The Kier molecular flexibility index (Phi) is 3.64. The average Bonchev–Trinajstić information content (AvgIpc) is 2.98. The zero-order valence-electron chi connectivity index (χ0n) is 14.6. The Balaban J connectivity index is 1.62. The smallest absolute Gasteiger partial charge is 0.253 e. The monoisotopic (exact) mass is 355 g/mol. The van der Waals surface area contributed by atoms with Gasteiger partial charge in [-0.3, -0.25) is 4.79 Å². The molecule has 5 nitrogen and oxygen atoms in total. The molecule has 2 heterocycles. The number of carbonyl (C=O) groups is 1. The number of rotatable bonds is 3. The maximum Gasteiger partial charge on any atom is 0.253 e. The first kappa shape index (κ1) is 15.6. The van der Waals surface area contributed by atoms with Crippen molar-refractivity contribution in [3.05, 3.63) is 78.4 Å². The third-order valence-corrected chi connectivity index (χ3v) is 4.70. The van der Waals surface area contributed by atoms with E-state index in [1.54, 1.807) is 0 Å². The molecule has 5 rings (SSSR count). The summed E-state index contributed by atoms with van der Waals surface area (Å²) in [6.07, 6.45) is 0. The molecule has 1 N–H and O–H groups in total. The summed E-state index contributed by atoms with van der Waals surface area (Å²) in [7, 11) is 0. The standard InChI is InChI=1S/C22H17N3O2/c26-22-18-10-5-11-19-20(18)25(13-12-23-22)21(24-19)15-6-4-9-17(14-15)27-16-7-2-1-3-8-16/h1-11,14H,12-13H2,(H,23,26). The van der Waals surface area contributed by atoms with Crippen molar-refractivity contribution in [2.75, 3.05) is 6.54 Å². The molecule has 3 aromatic carbocycles. The van der Waals surface area contributed by atoms with Crippen LogP contribution in [0.25, 0.3) is 22.4 Å². The molecule has 0 radical (unpaired) electrons. The summed E-state index contributed by atoms with van der Waals surface area (Å²) in [5.74, 6) is 2.33. The Morgan fingerprint density at radius 1 is 0.926 bits per heavy atom. The van der Waals surface area contributed by atoms with Crippen molar-refractivity contribution in [3.63, 3.8) is 0 Å². The van der Waals surface area contributed by atoms with E-state index in [0.717, 1.165) is 33.9 Å². The van der Waals surface area contributed by atoms with Gasteiger partial charge in [-0.05, 0) is 36.4 Å². The number of carbonyl (C=O) groups excluding carboxylic acids is 1. The Morgan fingerprint density at radius 2 is 1.74 bits per heavy atom. The zero-order valence-corrected chi connectivity index (χ0v) is 14.6. The van der Waals surface area contributed by atoms with Crippen LogP contribution in [0.2, 0.25) is 0 Å². The van der Waals surface area contributed by atoms with Crippen molar-refractivity contribution in [2.45, 2.75) is 6.54 Å². The van der Waals surface area contributed by atoms with Gasteiger partial charge in [0.15, 0.2) is 0 Å². The first-order chi connectivity index (χ1) is 13.3. The molecule has 1 aromatic heterocycles. The molecule has 0 fully saturated rings. The maximum absolute atomic E-state index is 12.3. The van der Waals surface area contributed by atoms with Crippen LogP contribution in [0, 0.1) is 0 Å². The molecule has 1 aliphatic rings. The number of benzene rings is 3. The number of nitrogens with one attached hydrogen (secondary N) is 1. The average molecular weight is 355 g/mol. The van der Waals surface area contributed by atoms with E-state index in [0.29, 0.717) is 18.7 Å². The summed E-state index contributed by atoms with van der Waals surface area (Å²) >= 11 is 0. The van der Waals surface area contributed by atoms with Crippen molar-refractivity contribution in [3.8, 4) is 22.9 Å². The lowest BCUT2D eigenvalue weighted by atomic mass is 10.1. The number of imidazole rings is 1. The van der Waals surface area contributed by atoms with Crippen LogP contribution in [0.15, 0.2) is 72.8 Å². The maximum atomic E-state index is 12.3. The topological polar surface area (TPSA) is 56.2 Å². The zero-order chi connectivity index (χ0) is 18.2. The highest BCUT2D eigenvalue weighted by Crippen LogP contribution is 2.31. The second-order valence-corrected chi connectivity index (χ2v) is 6.46. The molecule has 0 saturated carbocycles. The molecular weight excluding hydrogens is 338 g/mol. The third kappa shape index (κ3) is 2.73. The molecule has 0 saturated heterocycles. The predicted octanol–water partition coefficient (Wildman–Crippen LogP) is 4.24. The normalized spacial score (nSPS) is 13.3. The number of hydrogen-bond donors (Lipinski definition) is 1. The number of hydrogen-bond acceptors (Lipinski definition) is 3. The lowest BCUT2D eigenvalue weighted by Crippen LogP contribution is -2.24. The van der Waals surface area contributed by atoms with Crippen LogP contribution in [-0.2, 0) is 6.54 Å². The molecule has 132 valence electrons. The fourth-order valence-electron chi connectivity index (χ4n) is 3.51. The number of aromatic nitrogens is 2. The highest BCUT2D eigenvalue weighted by molar-refractivity contribution is 6.06. The van der Waals surface area contributed by atoms with E-state index in [4.69, 9.17) is 9.72 Å². The van der Waals surface area contributed by atoms with Crippen molar-refractivity contribution in [2.24, 2.45) is 0 Å². The Morgan fingerprint density at radius 3 is 2.63 bits per heavy atom. The van der Waals surface area contributed by atoms with Crippen LogP contribution in [0.5, 0.6) is 11.5 Å². The highest BCUT2D eigenvalue weighted by Gasteiger charge is 2.21. The van der Waals surface area contributed by atoms with Gasteiger partial charge in [-0.15, -0.1) is 0 Å². The van der Waals surface area contributed by atoms with Crippen LogP contribution in [0.3, 0.4) is 0 Å². The molecule has 1 aliphatic heterocycles. The van der Waals surface area contributed by atoms with Gasteiger partial charge in [0.2, 0.25) is 0 Å². The minimum atomic E-state index is -0.0491. The summed E-state index contributed by atoms with van der Waals surface area (Å²) in [5.41, 5.74) is 3.34. The van der Waals surface area contributed by atoms with Crippen LogP contribution < -0.4 is 10.1 Å². The Bertz CT molecular complexity index is 1150. The van der Waals surface area contributed by atoms with Gasteiger partial charge in [0.05, 0.1) is 16.6 Å². The fourth-order valence-corrected chi connectivity index (χ4v) is 3.51. The van der Waals surface area contributed by atoms with Gasteiger partial charge < -0.3 is 14.6 Å². The second-order valence-electron chi connectivity index (χ2n) is 6.46. The summed E-state index contributed by atoms with van der Waals surface area (Å²) in [5, 5.41) is 2.95. The van der Waals surface area contributed by atoms with Gasteiger partial charge in [-0.2, -0.15) is 0 Å². The summed E-state index contributed by atoms with van der Waals surface area (Å²) in [6.45, 7) is 1.25. The van der Waals surface area contributed by atoms with Crippen molar-refractivity contribution in [1.29, 1.82) is 0 Å². The van der Waals surface area contributed by atoms with E-state index in [9.17, 15) is 4.79 Å². The Labute approximate surface area is 156 Å². The minimum absolute atomic E-state index is 0.0491. The highest BCUT2D eigenvalue weighted by atomic mass is 16.5. The molecule has 0 atom stereocenters. The van der Waals surface area contributed by atoms with E-state index in [-0.39, 0.29) is 5.91 Å². The molecule has 0 aliphatic carbocycles. The van der Waals surface area contributed by atoms with Gasteiger partial charge in [-0.25, -0.2) is 4.98 Å². The second kappa shape index (κ2) is 6.29. The predicted molar refractivity (Wildman–Crippen MR) is 104 cm³/mol. The lowest BCUT2D eigenvalue weighted by Gasteiger charge is -2.10. The quantitative estimate of drug-likeness (QED) is 0.598. The van der Waals surface area contributed by atoms with Gasteiger partial charge in [0.25, 0.3) is 5.91 Å². The largest absolute Gasteiger partial charge is 0.457 e. The molecular formula is C22H17N3O2. The number of amides is 1. The van der Waals surface area contributed by atoms with Gasteiger partial charge >= 0.3 is 0 Å². The van der Waals surface area contributed by atoms with Crippen molar-refractivity contribution in [1.82, 2.24) is 14.9 Å². The van der Waals surface area contributed by atoms with Crippen LogP contribution in [0.4, 0.5) is 0 Å². The number of nitrogens with zero attached hydrogens (tertiary/aromatic N) is 2. The number of para-hydroxylation sites is 2. The van der Waals surface area contributed by atoms with E-state index in [1.165, 1.54) is 0 Å². The lowest BCUT2D eigenvalue weighted by molar-refractivity contribution is 0.0956. The van der Waals surface area contributed by atoms with Gasteiger partial charge in [-0.1, -0.05) is 36.4 Å². The van der Waals surface area contributed by atoms with E-state index in [2.05, 4.69) is 9.88 Å². The molecule has 0 spiro atoms. The van der Waals surface area contributed by atoms with E-state index in [1.807, 2.05) is 72.8 Å². The third-order valence-electron chi connectivity index (χ3n) is 4.70. The summed E-state index contributed by atoms with van der Waals surface area (Å²) < 4.78 is 8.08. The van der Waals surface area contributed by atoms with E-state index >= 15 is 0 Å². The number of ether oxygens (including phenoxy) is 1. The molecule has 0 unspecified atom stereocenters. The van der Waals surface area contributed by atoms with Gasteiger partial charge in [0.1, 0.15) is 17.3 Å². The van der Waals surface area contributed by atoms with Crippen LogP contribution in [0.1, 0.15) is 10.4 Å². The van der Waals surface area contributed by atoms with Crippen LogP contribution >= 0.6 is 0 Å². The first-order valence-electron chi connectivity index (χ1n) is 8.90. The van der Waals surface area contributed by atoms with Crippen LogP contribution in [-0.4, -0.2) is 22.0 Å². The first-order valence-corrected chi connectivity index (χ1v) is 8.90. The molecule has 4 aromatic rings. The van der Waals surface area contributed by atoms with Crippen molar-refractivity contribution < 1.29 is 9.53 Å². The Hall–Kier alpha value is -3.60. The molecule has 27 heavy (non-hydrogen) atoms. The molecule has 5 heteroatoms. The fraction of sp³-hybridized carbons (Fsp3) is 0.0909. The molecule has 0 bridgehead atoms. The van der Waals surface area contributed by atoms with E-state index < -0.39 is 0 Å². The summed E-state index contributed by atoms with van der Waals surface area (Å²) in [4.78, 5) is 17.1. The van der Waals surface area contributed by atoms with Crippen molar-refractivity contribution >= 4 is 16.9 Å². The van der Waals surface area contributed by atoms with Gasteiger partial charge in [0, 0.05) is 18.7 Å². The molecule has 1 amide bonds. The SMILES string of the molecule is O=C1NCCn2c(-c3cccc(Oc4ccccc4)c3)nc3cccc1c32. The summed E-state index contributed by atoms with van der Waals surface area (Å²) in [6, 6.07) is 23.3.